The van der Waals surface area contributed by atoms with Gasteiger partial charge < -0.3 is 19.4 Å². The van der Waals surface area contributed by atoms with E-state index in [2.05, 4.69) is 15.2 Å². The Kier molecular flexibility index (Phi) is 6.46. The Bertz CT molecular complexity index is 1310. The van der Waals surface area contributed by atoms with E-state index < -0.39 is 0 Å². The SMILES string of the molecule is COc1ccc(CN2C(=S)N[C@H](c3ccccn3)[C@@H]2c2ccc(-c3cccc(Cl)c3Cl)o2)cc1. The summed E-state index contributed by atoms with van der Waals surface area (Å²) in [5, 5.41) is 5.02. The maximum Gasteiger partial charge on any atom is 0.170 e. The standard InChI is InChI=1S/C26H21Cl2N3O2S/c1-32-17-10-8-16(9-11-17)15-31-25(24(30-26(31)34)20-7-2-3-14-29-20)22-13-12-21(33-22)18-5-4-6-19(27)23(18)28/h2-14,24-25H,15H2,1H3,(H,30,34)/t24-,25+/m1/s1. The van der Waals surface area contributed by atoms with Crippen LogP contribution in [0.5, 0.6) is 5.75 Å². The summed E-state index contributed by atoms with van der Waals surface area (Å²) < 4.78 is 11.7. The smallest absolute Gasteiger partial charge is 0.170 e. The molecule has 1 aliphatic rings. The number of pyridine rings is 1. The lowest BCUT2D eigenvalue weighted by molar-refractivity contribution is 0.269. The maximum atomic E-state index is 6.45. The Morgan fingerprint density at radius 2 is 1.85 bits per heavy atom. The molecule has 0 spiro atoms. The van der Waals surface area contributed by atoms with Gasteiger partial charge in [-0.3, -0.25) is 4.98 Å². The normalized spacial score (nSPS) is 17.6. The molecule has 1 fully saturated rings. The van der Waals surface area contributed by atoms with Crippen molar-refractivity contribution in [3.8, 4) is 17.1 Å². The zero-order valence-electron chi connectivity index (χ0n) is 18.2. The van der Waals surface area contributed by atoms with Gasteiger partial charge in [-0.25, -0.2) is 0 Å². The van der Waals surface area contributed by atoms with Gasteiger partial charge >= 0.3 is 0 Å². The number of nitrogens with zero attached hydrogens (tertiary/aromatic N) is 2. The molecule has 4 aromatic rings. The van der Waals surface area contributed by atoms with Crippen LogP contribution < -0.4 is 10.1 Å². The van der Waals surface area contributed by atoms with Crippen molar-refractivity contribution in [3.05, 3.63) is 106 Å². The number of methoxy groups -OCH3 is 1. The Morgan fingerprint density at radius 3 is 2.59 bits per heavy atom. The number of furan rings is 1. The first-order valence-corrected chi connectivity index (χ1v) is 11.9. The van der Waals surface area contributed by atoms with E-state index in [1.165, 1.54) is 0 Å². The van der Waals surface area contributed by atoms with Gasteiger partial charge in [0.1, 0.15) is 23.3 Å². The van der Waals surface area contributed by atoms with Gasteiger partial charge in [0.2, 0.25) is 0 Å². The number of ether oxygens (including phenoxy) is 1. The first-order valence-electron chi connectivity index (χ1n) is 10.7. The monoisotopic (exact) mass is 509 g/mol. The van der Waals surface area contributed by atoms with Gasteiger partial charge in [-0.1, -0.05) is 47.5 Å². The van der Waals surface area contributed by atoms with Gasteiger partial charge in [0, 0.05) is 18.3 Å². The molecule has 34 heavy (non-hydrogen) atoms. The van der Waals surface area contributed by atoms with Crippen LogP contribution in [0.2, 0.25) is 10.0 Å². The van der Waals surface area contributed by atoms with Crippen molar-refractivity contribution in [1.82, 2.24) is 15.2 Å². The molecule has 3 heterocycles. The number of hydrogen-bond acceptors (Lipinski definition) is 4. The Morgan fingerprint density at radius 1 is 1.03 bits per heavy atom. The van der Waals surface area contributed by atoms with Crippen LogP contribution in [0.4, 0.5) is 0 Å². The third kappa shape index (κ3) is 4.37. The van der Waals surface area contributed by atoms with Crippen LogP contribution in [0, 0.1) is 0 Å². The van der Waals surface area contributed by atoms with Crippen LogP contribution in [-0.4, -0.2) is 22.1 Å². The average molecular weight is 510 g/mol. The minimum absolute atomic E-state index is 0.180. The third-order valence-corrected chi connectivity index (χ3v) is 7.02. The summed E-state index contributed by atoms with van der Waals surface area (Å²) in [6.45, 7) is 0.595. The largest absolute Gasteiger partial charge is 0.497 e. The van der Waals surface area contributed by atoms with Gasteiger partial charge in [-0.2, -0.15) is 0 Å². The second-order valence-electron chi connectivity index (χ2n) is 7.91. The van der Waals surface area contributed by atoms with E-state index in [4.69, 9.17) is 44.6 Å². The molecule has 2 atom stereocenters. The van der Waals surface area contributed by atoms with Crippen molar-refractivity contribution >= 4 is 40.5 Å². The fourth-order valence-electron chi connectivity index (χ4n) is 4.16. The molecule has 2 aromatic heterocycles. The highest BCUT2D eigenvalue weighted by molar-refractivity contribution is 7.80. The van der Waals surface area contributed by atoms with E-state index >= 15 is 0 Å². The summed E-state index contributed by atoms with van der Waals surface area (Å²) in [5.74, 6) is 2.20. The fraction of sp³-hybridized carbons (Fsp3) is 0.154. The van der Waals surface area contributed by atoms with Crippen LogP contribution >= 0.6 is 35.4 Å². The van der Waals surface area contributed by atoms with E-state index in [1.54, 1.807) is 19.4 Å². The molecule has 0 saturated carbocycles. The van der Waals surface area contributed by atoms with E-state index in [-0.39, 0.29) is 12.1 Å². The number of rotatable bonds is 6. The summed E-state index contributed by atoms with van der Waals surface area (Å²) in [6, 6.07) is 22.8. The molecule has 172 valence electrons. The van der Waals surface area contributed by atoms with Gasteiger partial charge in [-0.05, 0) is 66.3 Å². The quantitative estimate of drug-likeness (QED) is 0.287. The highest BCUT2D eigenvalue weighted by atomic mass is 35.5. The first kappa shape index (κ1) is 22.7. The summed E-state index contributed by atoms with van der Waals surface area (Å²) in [5.41, 5.74) is 2.72. The average Bonchev–Trinajstić information content (AvgIpc) is 3.47. The van der Waals surface area contributed by atoms with E-state index in [0.29, 0.717) is 27.5 Å². The number of aromatic nitrogens is 1. The van der Waals surface area contributed by atoms with Crippen LogP contribution in [0.3, 0.4) is 0 Å². The molecule has 2 aromatic carbocycles. The molecule has 0 amide bonds. The summed E-state index contributed by atoms with van der Waals surface area (Å²) in [7, 11) is 1.66. The van der Waals surface area contributed by atoms with E-state index in [0.717, 1.165) is 28.3 Å². The predicted octanol–water partition coefficient (Wildman–Crippen LogP) is 6.83. The minimum Gasteiger partial charge on any atom is -0.497 e. The molecule has 8 heteroatoms. The van der Waals surface area contributed by atoms with Crippen LogP contribution in [0.1, 0.15) is 29.1 Å². The predicted molar refractivity (Wildman–Crippen MR) is 138 cm³/mol. The van der Waals surface area contributed by atoms with E-state index in [1.807, 2.05) is 66.7 Å². The van der Waals surface area contributed by atoms with Crippen molar-refractivity contribution in [2.45, 2.75) is 18.6 Å². The zero-order valence-corrected chi connectivity index (χ0v) is 20.6. The number of hydrogen-bond donors (Lipinski definition) is 1. The first-order chi connectivity index (χ1) is 16.5. The molecule has 0 aliphatic carbocycles. The minimum atomic E-state index is -0.212. The molecule has 5 rings (SSSR count). The molecular weight excluding hydrogens is 489 g/mol. The van der Waals surface area contributed by atoms with Crippen LogP contribution in [0.15, 0.2) is 83.4 Å². The number of nitrogens with one attached hydrogen (secondary N) is 1. The lowest BCUT2D eigenvalue weighted by Crippen LogP contribution is -2.29. The maximum absolute atomic E-state index is 6.45. The summed E-state index contributed by atoms with van der Waals surface area (Å²) >= 11 is 18.4. The molecule has 1 saturated heterocycles. The van der Waals surface area contributed by atoms with Crippen molar-refractivity contribution in [2.75, 3.05) is 7.11 Å². The van der Waals surface area contributed by atoms with Crippen molar-refractivity contribution < 1.29 is 9.15 Å². The number of benzene rings is 2. The van der Waals surface area contributed by atoms with Gasteiger partial charge in [-0.15, -0.1) is 0 Å². The molecule has 0 bridgehead atoms. The van der Waals surface area contributed by atoms with Crippen molar-refractivity contribution in [1.29, 1.82) is 0 Å². The molecule has 1 N–H and O–H groups in total. The number of thiocarbonyl (C=S) groups is 1. The van der Waals surface area contributed by atoms with Gasteiger partial charge in [0.25, 0.3) is 0 Å². The second kappa shape index (κ2) is 9.66. The van der Waals surface area contributed by atoms with E-state index in [9.17, 15) is 0 Å². The van der Waals surface area contributed by atoms with Crippen LogP contribution in [-0.2, 0) is 6.54 Å². The third-order valence-electron chi connectivity index (χ3n) is 5.85. The molecule has 0 radical (unpaired) electrons. The molecule has 0 unspecified atom stereocenters. The Balaban J connectivity index is 1.53. The Labute approximate surface area is 213 Å². The topological polar surface area (TPSA) is 50.5 Å². The zero-order chi connectivity index (χ0) is 23.7. The van der Waals surface area contributed by atoms with Crippen molar-refractivity contribution in [3.63, 3.8) is 0 Å². The number of halogens is 2. The van der Waals surface area contributed by atoms with Gasteiger partial charge in [0.15, 0.2) is 5.11 Å². The van der Waals surface area contributed by atoms with Gasteiger partial charge in [0.05, 0.1) is 28.9 Å². The summed E-state index contributed by atoms with van der Waals surface area (Å²) in [6.07, 6.45) is 1.78. The highest BCUT2D eigenvalue weighted by Gasteiger charge is 2.41. The van der Waals surface area contributed by atoms with Crippen LogP contribution in [0.25, 0.3) is 11.3 Å². The summed E-state index contributed by atoms with van der Waals surface area (Å²) in [4.78, 5) is 6.70. The second-order valence-corrected chi connectivity index (χ2v) is 9.08. The molecule has 1 aliphatic heterocycles. The Hall–Kier alpha value is -3.06. The fourth-order valence-corrected chi connectivity index (χ4v) is 4.86. The highest BCUT2D eigenvalue weighted by Crippen LogP contribution is 2.42. The molecular formula is C26H21Cl2N3O2S. The lowest BCUT2D eigenvalue weighted by atomic mass is 10.0. The lowest BCUT2D eigenvalue weighted by Gasteiger charge is -2.26. The van der Waals surface area contributed by atoms with Crippen molar-refractivity contribution in [2.24, 2.45) is 0 Å². The molecule has 5 nitrogen and oxygen atoms in total.